The second-order valence-corrected chi connectivity index (χ2v) is 4.04. The minimum absolute atomic E-state index is 0.195. The van der Waals surface area contributed by atoms with Gasteiger partial charge in [-0.3, -0.25) is 0 Å². The molecule has 2 nitrogen and oxygen atoms in total. The first-order valence-corrected chi connectivity index (χ1v) is 5.25. The fourth-order valence-corrected chi connectivity index (χ4v) is 1.92. The van der Waals surface area contributed by atoms with Crippen LogP contribution in [-0.4, -0.2) is 11.3 Å². The molecule has 0 radical (unpaired) electrons. The second kappa shape index (κ2) is 4.17. The standard InChI is InChI=1S/C13H11F3O2/c1-9-4-2-3-5-11(9)12(17,13(14,15)16)10-6-7-18-8-10/h2-8,17H,1H3. The maximum Gasteiger partial charge on any atom is 0.425 e. The highest BCUT2D eigenvalue weighted by atomic mass is 19.4. The molecular formula is C13H11F3O2. The van der Waals surface area contributed by atoms with Crippen molar-refractivity contribution in [1.29, 1.82) is 0 Å². The van der Waals surface area contributed by atoms with E-state index >= 15 is 0 Å². The van der Waals surface area contributed by atoms with Gasteiger partial charge in [0.05, 0.1) is 12.5 Å². The number of alkyl halides is 3. The molecule has 1 aromatic heterocycles. The predicted octanol–water partition coefficient (Wildman–Crippen LogP) is 3.39. The highest BCUT2D eigenvalue weighted by Gasteiger charge is 2.57. The molecule has 1 unspecified atom stereocenters. The predicted molar refractivity (Wildman–Crippen MR) is 58.9 cm³/mol. The van der Waals surface area contributed by atoms with E-state index in [1.54, 1.807) is 6.07 Å². The van der Waals surface area contributed by atoms with Crippen LogP contribution in [0.2, 0.25) is 0 Å². The molecule has 0 saturated heterocycles. The number of hydrogen-bond donors (Lipinski definition) is 1. The van der Waals surface area contributed by atoms with Gasteiger partial charge in [0.25, 0.3) is 0 Å². The quantitative estimate of drug-likeness (QED) is 0.893. The van der Waals surface area contributed by atoms with Crippen molar-refractivity contribution < 1.29 is 22.7 Å². The SMILES string of the molecule is Cc1ccccc1C(O)(c1ccoc1)C(F)(F)F. The molecule has 1 atom stereocenters. The number of halogens is 3. The van der Waals surface area contributed by atoms with Crippen LogP contribution in [0.25, 0.3) is 0 Å². The first-order valence-electron chi connectivity index (χ1n) is 5.25. The largest absolute Gasteiger partial charge is 0.472 e. The van der Waals surface area contributed by atoms with Gasteiger partial charge in [0.1, 0.15) is 0 Å². The molecule has 2 aromatic rings. The summed E-state index contributed by atoms with van der Waals surface area (Å²) in [5.74, 6) is 0. The monoisotopic (exact) mass is 256 g/mol. The van der Waals surface area contributed by atoms with E-state index in [2.05, 4.69) is 4.42 Å². The summed E-state index contributed by atoms with van der Waals surface area (Å²) in [5, 5.41) is 10.2. The van der Waals surface area contributed by atoms with Crippen molar-refractivity contribution in [2.75, 3.05) is 0 Å². The van der Waals surface area contributed by atoms with E-state index < -0.39 is 11.8 Å². The van der Waals surface area contributed by atoms with Gasteiger partial charge in [-0.1, -0.05) is 24.3 Å². The van der Waals surface area contributed by atoms with Crippen molar-refractivity contribution in [2.45, 2.75) is 18.7 Å². The lowest BCUT2D eigenvalue weighted by Gasteiger charge is -2.31. The maximum absolute atomic E-state index is 13.2. The van der Waals surface area contributed by atoms with Crippen molar-refractivity contribution in [3.8, 4) is 0 Å². The van der Waals surface area contributed by atoms with E-state index in [1.807, 2.05) is 0 Å². The van der Waals surface area contributed by atoms with Gasteiger partial charge in [0, 0.05) is 11.1 Å². The Morgan fingerprint density at radius 1 is 1.11 bits per heavy atom. The van der Waals surface area contributed by atoms with E-state index in [0.717, 1.165) is 18.6 Å². The normalized spacial score (nSPS) is 15.4. The summed E-state index contributed by atoms with van der Waals surface area (Å²) in [6.45, 7) is 1.52. The third-order valence-electron chi connectivity index (χ3n) is 2.88. The molecular weight excluding hydrogens is 245 g/mol. The molecule has 0 aliphatic carbocycles. The zero-order valence-corrected chi connectivity index (χ0v) is 9.53. The highest BCUT2D eigenvalue weighted by Crippen LogP contribution is 2.45. The second-order valence-electron chi connectivity index (χ2n) is 4.04. The zero-order chi connectivity index (χ0) is 13.4. The molecule has 0 fully saturated rings. The molecule has 2 rings (SSSR count). The third kappa shape index (κ3) is 1.80. The molecule has 0 bridgehead atoms. The first-order chi connectivity index (χ1) is 8.37. The van der Waals surface area contributed by atoms with Gasteiger partial charge in [0.2, 0.25) is 5.60 Å². The molecule has 18 heavy (non-hydrogen) atoms. The van der Waals surface area contributed by atoms with Crippen molar-refractivity contribution in [3.63, 3.8) is 0 Å². The summed E-state index contributed by atoms with van der Waals surface area (Å²) in [4.78, 5) is 0. The molecule has 0 amide bonds. The number of benzene rings is 1. The molecule has 1 N–H and O–H groups in total. The minimum Gasteiger partial charge on any atom is -0.472 e. The Labute approximate surface area is 102 Å². The summed E-state index contributed by atoms with van der Waals surface area (Å²) in [7, 11) is 0. The fraction of sp³-hybridized carbons (Fsp3) is 0.231. The third-order valence-corrected chi connectivity index (χ3v) is 2.88. The molecule has 0 spiro atoms. The van der Waals surface area contributed by atoms with Gasteiger partial charge in [0.15, 0.2) is 0 Å². The van der Waals surface area contributed by atoms with Crippen molar-refractivity contribution >= 4 is 0 Å². The number of aryl methyl sites for hydroxylation is 1. The van der Waals surface area contributed by atoms with Crippen molar-refractivity contribution in [3.05, 3.63) is 59.5 Å². The van der Waals surface area contributed by atoms with Crippen LogP contribution in [-0.2, 0) is 5.60 Å². The minimum atomic E-state index is -4.83. The Kier molecular flexibility index (Phi) is 2.94. The van der Waals surface area contributed by atoms with Gasteiger partial charge < -0.3 is 9.52 Å². The molecule has 0 aliphatic heterocycles. The molecule has 0 aliphatic rings. The van der Waals surface area contributed by atoms with E-state index in [1.165, 1.54) is 25.1 Å². The molecule has 96 valence electrons. The van der Waals surface area contributed by atoms with Crippen LogP contribution in [0.4, 0.5) is 13.2 Å². The van der Waals surface area contributed by atoms with Gasteiger partial charge >= 0.3 is 6.18 Å². The Morgan fingerprint density at radius 2 is 1.78 bits per heavy atom. The van der Waals surface area contributed by atoms with Gasteiger partial charge in [-0.15, -0.1) is 0 Å². The van der Waals surface area contributed by atoms with Gasteiger partial charge in [-0.25, -0.2) is 0 Å². The smallest absolute Gasteiger partial charge is 0.425 e. The van der Waals surface area contributed by atoms with Crippen LogP contribution < -0.4 is 0 Å². The lowest BCUT2D eigenvalue weighted by molar-refractivity contribution is -0.248. The van der Waals surface area contributed by atoms with E-state index in [4.69, 9.17) is 0 Å². The molecule has 5 heteroatoms. The summed E-state index contributed by atoms with van der Waals surface area (Å²) in [6, 6.07) is 6.96. The Balaban J connectivity index is 2.69. The Morgan fingerprint density at radius 3 is 2.28 bits per heavy atom. The fourth-order valence-electron chi connectivity index (χ4n) is 1.92. The highest BCUT2D eigenvalue weighted by molar-refractivity contribution is 5.40. The van der Waals surface area contributed by atoms with Crippen molar-refractivity contribution in [2.24, 2.45) is 0 Å². The summed E-state index contributed by atoms with van der Waals surface area (Å²) >= 11 is 0. The zero-order valence-electron chi connectivity index (χ0n) is 9.53. The van der Waals surface area contributed by atoms with Crippen LogP contribution >= 0.6 is 0 Å². The van der Waals surface area contributed by atoms with Crippen molar-refractivity contribution in [1.82, 2.24) is 0 Å². The number of rotatable bonds is 2. The van der Waals surface area contributed by atoms with Crippen LogP contribution in [0.3, 0.4) is 0 Å². The average molecular weight is 256 g/mol. The summed E-state index contributed by atoms with van der Waals surface area (Å²) in [5.41, 5.74) is -3.22. The molecule has 1 aromatic carbocycles. The Bertz CT molecular complexity index is 531. The first kappa shape index (κ1) is 12.7. The topological polar surface area (TPSA) is 33.4 Å². The maximum atomic E-state index is 13.2. The molecule has 0 saturated carbocycles. The van der Waals surface area contributed by atoms with Crippen LogP contribution in [0.1, 0.15) is 16.7 Å². The summed E-state index contributed by atoms with van der Waals surface area (Å²) in [6.07, 6.45) is -2.83. The van der Waals surface area contributed by atoms with Gasteiger partial charge in [-0.05, 0) is 18.6 Å². The van der Waals surface area contributed by atoms with E-state index in [0.29, 0.717) is 5.56 Å². The average Bonchev–Trinajstić information content (AvgIpc) is 2.80. The van der Waals surface area contributed by atoms with Gasteiger partial charge in [-0.2, -0.15) is 13.2 Å². The number of hydrogen-bond acceptors (Lipinski definition) is 2. The van der Waals surface area contributed by atoms with Crippen LogP contribution in [0, 0.1) is 6.92 Å². The van der Waals surface area contributed by atoms with E-state index in [9.17, 15) is 18.3 Å². The summed E-state index contributed by atoms with van der Waals surface area (Å²) < 4.78 is 44.4. The molecule has 1 heterocycles. The number of aliphatic hydroxyl groups is 1. The van der Waals surface area contributed by atoms with Crippen LogP contribution in [0.15, 0.2) is 47.3 Å². The lowest BCUT2D eigenvalue weighted by Crippen LogP contribution is -2.43. The lowest BCUT2D eigenvalue weighted by atomic mass is 9.85. The number of furan rings is 1. The Hall–Kier alpha value is -1.75. The van der Waals surface area contributed by atoms with Crippen LogP contribution in [0.5, 0.6) is 0 Å². The van der Waals surface area contributed by atoms with E-state index in [-0.39, 0.29) is 11.1 Å².